The molecule has 0 unspecified atom stereocenters. The molecule has 0 bridgehead atoms. The monoisotopic (exact) mass is 502 g/mol. The molecular weight excluding hydrogens is 481 g/mol. The molecule has 0 saturated carbocycles. The highest BCUT2D eigenvalue weighted by molar-refractivity contribution is 6.39. The normalized spacial score (nSPS) is 16.2. The van der Waals surface area contributed by atoms with Crippen molar-refractivity contribution in [2.45, 2.75) is 25.9 Å². The second kappa shape index (κ2) is 9.82. The van der Waals surface area contributed by atoms with Crippen LogP contribution in [0.4, 0.5) is 14.7 Å². The van der Waals surface area contributed by atoms with E-state index < -0.39 is 11.6 Å². The van der Waals surface area contributed by atoms with Gasteiger partial charge in [-0.3, -0.25) is 0 Å². The van der Waals surface area contributed by atoms with Gasteiger partial charge in [0, 0.05) is 24.7 Å². The topological polar surface area (TPSA) is 67.7 Å². The van der Waals surface area contributed by atoms with Crippen molar-refractivity contribution in [1.82, 2.24) is 24.8 Å². The van der Waals surface area contributed by atoms with E-state index in [9.17, 15) is 8.78 Å². The first-order chi connectivity index (χ1) is 16.5. The Morgan fingerprint density at radius 3 is 2.68 bits per heavy atom. The molecule has 3 heterocycles. The van der Waals surface area contributed by atoms with Gasteiger partial charge in [0.25, 0.3) is 0 Å². The van der Waals surface area contributed by atoms with Gasteiger partial charge in [0.15, 0.2) is 5.65 Å². The summed E-state index contributed by atoms with van der Waals surface area (Å²) in [5.74, 6) is 0.0962. The molecule has 6 nitrogen and oxygen atoms in total. The van der Waals surface area contributed by atoms with Gasteiger partial charge in [-0.25, -0.2) is 18.7 Å². The number of nitrogens with zero attached hydrogens (tertiary/aromatic N) is 4. The summed E-state index contributed by atoms with van der Waals surface area (Å²) in [4.78, 5) is 13.8. The maximum atomic E-state index is 14.0. The first-order valence-electron chi connectivity index (χ1n) is 11.1. The number of rotatable bonds is 6. The van der Waals surface area contributed by atoms with Gasteiger partial charge in [-0.2, -0.15) is 4.98 Å². The number of piperidine rings is 1. The fourth-order valence-electron chi connectivity index (χ4n) is 4.26. The van der Waals surface area contributed by atoms with Crippen LogP contribution in [0.25, 0.3) is 22.6 Å². The average molecular weight is 503 g/mol. The van der Waals surface area contributed by atoms with Crippen LogP contribution in [0, 0.1) is 17.6 Å². The third-order valence-electron chi connectivity index (χ3n) is 5.97. The average Bonchev–Trinajstić information content (AvgIpc) is 3.16. The van der Waals surface area contributed by atoms with Gasteiger partial charge in [-0.1, -0.05) is 35.3 Å². The number of benzene rings is 2. The summed E-state index contributed by atoms with van der Waals surface area (Å²) < 4.78 is 29.3. The molecule has 0 spiro atoms. The number of halogens is 4. The Bertz CT molecular complexity index is 1320. The molecule has 1 fully saturated rings. The standard InChI is InChI=1S/C24H22Cl2F2N6/c25-17-4-1-5-18(26)21(17)23-32-20-12-31-24(30-11-15-6-7-16(27)9-19(15)28)33-22(20)34(23)13-14-3-2-8-29-10-14/h1,4-7,9,12,14,29H,2-3,8,10-11,13H2,(H,30,31,33)/t14-/m1/s1. The van der Waals surface area contributed by atoms with Crippen molar-refractivity contribution in [2.75, 3.05) is 18.4 Å². The largest absolute Gasteiger partial charge is 0.350 e. The lowest BCUT2D eigenvalue weighted by atomic mass is 9.99. The maximum absolute atomic E-state index is 14.0. The first-order valence-corrected chi connectivity index (χ1v) is 11.8. The number of fused-ring (bicyclic) bond motifs is 1. The van der Waals surface area contributed by atoms with Gasteiger partial charge in [-0.05, 0) is 50.0 Å². The Labute approximate surface area is 205 Å². The molecule has 34 heavy (non-hydrogen) atoms. The van der Waals surface area contributed by atoms with E-state index in [0.717, 1.165) is 32.0 Å². The van der Waals surface area contributed by atoms with Crippen LogP contribution in [0.2, 0.25) is 10.0 Å². The highest BCUT2D eigenvalue weighted by Gasteiger charge is 2.23. The molecule has 0 amide bonds. The molecule has 2 N–H and O–H groups in total. The van der Waals surface area contributed by atoms with E-state index in [0.29, 0.717) is 56.6 Å². The smallest absolute Gasteiger partial charge is 0.225 e. The number of anilines is 1. The van der Waals surface area contributed by atoms with E-state index in [2.05, 4.69) is 20.6 Å². The fourth-order valence-corrected chi connectivity index (χ4v) is 4.82. The zero-order chi connectivity index (χ0) is 23.7. The molecule has 1 saturated heterocycles. The molecular formula is C24H22Cl2F2N6. The van der Waals surface area contributed by atoms with E-state index >= 15 is 0 Å². The number of imidazole rings is 1. The molecule has 2 aromatic heterocycles. The SMILES string of the molecule is Fc1ccc(CNc2ncc3nc(-c4c(Cl)cccc4Cl)n(C[C@@H]4CCCNC4)c3n2)c(F)c1. The third kappa shape index (κ3) is 4.71. The minimum Gasteiger partial charge on any atom is -0.350 e. The summed E-state index contributed by atoms with van der Waals surface area (Å²) in [6.07, 6.45) is 3.81. The van der Waals surface area contributed by atoms with Crippen LogP contribution < -0.4 is 10.6 Å². The minimum absolute atomic E-state index is 0.113. The Hall–Kier alpha value is -2.81. The Balaban J connectivity index is 1.53. The van der Waals surface area contributed by atoms with Crippen LogP contribution in [0.3, 0.4) is 0 Å². The third-order valence-corrected chi connectivity index (χ3v) is 6.60. The van der Waals surface area contributed by atoms with Crippen LogP contribution in [0.15, 0.2) is 42.6 Å². The minimum atomic E-state index is -0.626. The van der Waals surface area contributed by atoms with Gasteiger partial charge >= 0.3 is 0 Å². The molecule has 2 aromatic carbocycles. The van der Waals surface area contributed by atoms with Crippen LogP contribution in [0.1, 0.15) is 18.4 Å². The number of hydrogen-bond donors (Lipinski definition) is 2. The van der Waals surface area contributed by atoms with Crippen LogP contribution in [-0.4, -0.2) is 32.6 Å². The van der Waals surface area contributed by atoms with Crippen LogP contribution in [0.5, 0.6) is 0 Å². The maximum Gasteiger partial charge on any atom is 0.225 e. The molecule has 1 atom stereocenters. The van der Waals surface area contributed by atoms with Crippen molar-refractivity contribution in [3.05, 3.63) is 69.8 Å². The summed E-state index contributed by atoms with van der Waals surface area (Å²) in [5, 5.41) is 7.48. The zero-order valence-electron chi connectivity index (χ0n) is 18.2. The highest BCUT2D eigenvalue weighted by atomic mass is 35.5. The summed E-state index contributed by atoms with van der Waals surface area (Å²) in [7, 11) is 0. The van der Waals surface area contributed by atoms with Gasteiger partial charge in [0.05, 0.1) is 21.8 Å². The van der Waals surface area contributed by atoms with Crippen molar-refractivity contribution in [2.24, 2.45) is 5.92 Å². The molecule has 10 heteroatoms. The zero-order valence-corrected chi connectivity index (χ0v) is 19.7. The Morgan fingerprint density at radius 1 is 1.12 bits per heavy atom. The Kier molecular flexibility index (Phi) is 6.63. The van der Waals surface area contributed by atoms with E-state index in [1.54, 1.807) is 24.4 Å². The van der Waals surface area contributed by atoms with E-state index in [1.807, 2.05) is 4.57 Å². The lowest BCUT2D eigenvalue weighted by Gasteiger charge is -2.24. The first kappa shape index (κ1) is 23.0. The van der Waals surface area contributed by atoms with Crippen molar-refractivity contribution >= 4 is 40.3 Å². The number of aromatic nitrogens is 4. The second-order valence-corrected chi connectivity index (χ2v) is 9.16. The van der Waals surface area contributed by atoms with Gasteiger partial charge in [-0.15, -0.1) is 0 Å². The summed E-state index contributed by atoms with van der Waals surface area (Å²) in [6, 6.07) is 8.83. The lowest BCUT2D eigenvalue weighted by Crippen LogP contribution is -2.32. The highest BCUT2D eigenvalue weighted by Crippen LogP contribution is 2.36. The Morgan fingerprint density at radius 2 is 1.94 bits per heavy atom. The number of nitrogens with one attached hydrogen (secondary N) is 2. The second-order valence-electron chi connectivity index (χ2n) is 8.35. The molecule has 1 aliphatic rings. The predicted octanol–water partition coefficient (Wildman–Crippen LogP) is 5.69. The lowest BCUT2D eigenvalue weighted by molar-refractivity contribution is 0.341. The van der Waals surface area contributed by atoms with Gasteiger partial charge in [0.1, 0.15) is 23.0 Å². The summed E-state index contributed by atoms with van der Waals surface area (Å²) in [5.41, 5.74) is 2.20. The van der Waals surface area contributed by atoms with Crippen molar-refractivity contribution < 1.29 is 8.78 Å². The quantitative estimate of drug-likeness (QED) is 0.354. The van der Waals surface area contributed by atoms with E-state index in [1.165, 1.54) is 12.1 Å². The van der Waals surface area contributed by atoms with Gasteiger partial charge in [0.2, 0.25) is 5.95 Å². The van der Waals surface area contributed by atoms with E-state index in [4.69, 9.17) is 28.2 Å². The fraction of sp³-hybridized carbons (Fsp3) is 0.292. The molecule has 1 aliphatic heterocycles. The molecule has 5 rings (SSSR count). The van der Waals surface area contributed by atoms with Crippen molar-refractivity contribution in [3.8, 4) is 11.4 Å². The summed E-state index contributed by atoms with van der Waals surface area (Å²) >= 11 is 13.0. The summed E-state index contributed by atoms with van der Waals surface area (Å²) in [6.45, 7) is 2.71. The predicted molar refractivity (Wildman–Crippen MR) is 130 cm³/mol. The van der Waals surface area contributed by atoms with Crippen molar-refractivity contribution in [1.29, 1.82) is 0 Å². The molecule has 0 aliphatic carbocycles. The molecule has 0 radical (unpaired) electrons. The van der Waals surface area contributed by atoms with Crippen molar-refractivity contribution in [3.63, 3.8) is 0 Å². The van der Waals surface area contributed by atoms with Crippen LogP contribution in [-0.2, 0) is 13.1 Å². The van der Waals surface area contributed by atoms with Gasteiger partial charge < -0.3 is 15.2 Å². The van der Waals surface area contributed by atoms with Crippen LogP contribution >= 0.6 is 23.2 Å². The van der Waals surface area contributed by atoms with E-state index in [-0.39, 0.29) is 6.54 Å². The molecule has 4 aromatic rings. The number of hydrogen-bond acceptors (Lipinski definition) is 5. The molecule has 176 valence electrons.